The van der Waals surface area contributed by atoms with E-state index < -0.39 is 6.10 Å². The third-order valence-electron chi connectivity index (χ3n) is 12.9. The van der Waals surface area contributed by atoms with Crippen molar-refractivity contribution in [3.63, 3.8) is 0 Å². The summed E-state index contributed by atoms with van der Waals surface area (Å²) in [6.45, 7) is 6.43. The Morgan fingerprint density at radius 2 is 0.526 bits per heavy atom. The second kappa shape index (κ2) is 63.1. The molecule has 76 heavy (non-hydrogen) atoms. The zero-order chi connectivity index (χ0) is 55.0. The molecule has 0 aliphatic rings. The smallest absolute Gasteiger partial charge is 0.306 e. The van der Waals surface area contributed by atoms with Crippen LogP contribution in [0.15, 0.2) is 134 Å². The van der Waals surface area contributed by atoms with Gasteiger partial charge in [0.05, 0.1) is 0 Å². The Morgan fingerprint density at radius 3 is 0.855 bits per heavy atom. The van der Waals surface area contributed by atoms with Gasteiger partial charge in [0, 0.05) is 19.3 Å². The van der Waals surface area contributed by atoms with Crippen LogP contribution in [0.1, 0.15) is 271 Å². The number of unbranched alkanes of at least 4 members (excludes halogenated alkanes) is 22. The molecule has 0 saturated carbocycles. The first-order chi connectivity index (χ1) is 37.5. The Morgan fingerprint density at radius 1 is 0.276 bits per heavy atom. The van der Waals surface area contributed by atoms with Gasteiger partial charge in [0.15, 0.2) is 6.10 Å². The summed E-state index contributed by atoms with van der Waals surface area (Å²) in [6.07, 6.45) is 88.9. The molecule has 0 aromatic carbocycles. The SMILES string of the molecule is CC/C=C\C/C=C\C/C=C\C/C=C\C/C=C\C/C=C\C/C=C\C/C=C\C/C=C\CCCCCCCCCC(=O)OCC(COC(=O)CCCCCCC/C=C\CCCC)OC(=O)CCCCCCC/C=C\CCCCC. The van der Waals surface area contributed by atoms with E-state index in [0.29, 0.717) is 19.3 Å². The average Bonchev–Trinajstić information content (AvgIpc) is 3.42. The fraction of sp³-hybridized carbons (Fsp3) is 0.643. The summed E-state index contributed by atoms with van der Waals surface area (Å²) < 4.78 is 16.8. The van der Waals surface area contributed by atoms with Gasteiger partial charge in [-0.2, -0.15) is 0 Å². The fourth-order valence-corrected chi connectivity index (χ4v) is 8.17. The van der Waals surface area contributed by atoms with Crippen molar-refractivity contribution in [3.8, 4) is 0 Å². The molecular formula is C70H114O6. The van der Waals surface area contributed by atoms with Gasteiger partial charge >= 0.3 is 17.9 Å². The molecule has 0 amide bonds. The Balaban J connectivity index is 4.20. The molecule has 0 bridgehead atoms. The normalized spacial score (nSPS) is 13.0. The number of esters is 3. The molecule has 6 heteroatoms. The molecule has 6 nitrogen and oxygen atoms in total. The van der Waals surface area contributed by atoms with E-state index in [1.165, 1.54) is 83.5 Å². The topological polar surface area (TPSA) is 78.9 Å². The third-order valence-corrected chi connectivity index (χ3v) is 12.9. The number of hydrogen-bond donors (Lipinski definition) is 0. The maximum absolute atomic E-state index is 12.8. The molecule has 1 atom stereocenters. The second-order valence-corrected chi connectivity index (χ2v) is 20.2. The van der Waals surface area contributed by atoms with Crippen LogP contribution in [-0.2, 0) is 28.6 Å². The van der Waals surface area contributed by atoms with Crippen LogP contribution in [0.3, 0.4) is 0 Å². The highest BCUT2D eigenvalue weighted by Crippen LogP contribution is 2.14. The number of carbonyl (C=O) groups is 3. The number of carbonyl (C=O) groups excluding carboxylic acids is 3. The van der Waals surface area contributed by atoms with Gasteiger partial charge < -0.3 is 14.2 Å². The maximum Gasteiger partial charge on any atom is 0.306 e. The summed E-state index contributed by atoms with van der Waals surface area (Å²) in [7, 11) is 0. The minimum absolute atomic E-state index is 0.0911. The fourth-order valence-electron chi connectivity index (χ4n) is 8.17. The van der Waals surface area contributed by atoms with E-state index in [-0.39, 0.29) is 31.1 Å². The summed E-state index contributed by atoms with van der Waals surface area (Å²) in [5.74, 6) is -0.923. The Hall–Kier alpha value is -4.45. The standard InChI is InChI=1S/C70H114O6/c1-4-7-10-13-16-19-22-24-25-26-27-28-29-30-31-32-33-34-35-36-37-38-39-40-41-42-43-44-45-46-49-51-54-57-60-63-69(72)75-66-67(65-74-68(71)62-59-56-53-50-47-21-18-15-12-9-6-3)76-70(73)64-61-58-55-52-48-23-20-17-14-11-8-5-2/h7,10,15-20,24-25,27-28,30-31,33-34,36-37,39-40,42-43,67H,4-6,8-9,11-14,21-23,26,29,32,35,38,41,44-66H2,1-3H3/b10-7-,18-15-,19-16-,20-17-,25-24-,28-27-,31-30-,34-33-,37-36-,40-39-,43-42-. The lowest BCUT2D eigenvalue weighted by molar-refractivity contribution is -0.167. The van der Waals surface area contributed by atoms with Gasteiger partial charge in [-0.15, -0.1) is 0 Å². The van der Waals surface area contributed by atoms with Gasteiger partial charge in [-0.1, -0.05) is 251 Å². The van der Waals surface area contributed by atoms with Crippen molar-refractivity contribution in [3.05, 3.63) is 134 Å². The summed E-state index contributed by atoms with van der Waals surface area (Å²) in [5, 5.41) is 0. The summed E-state index contributed by atoms with van der Waals surface area (Å²) in [5.41, 5.74) is 0. The van der Waals surface area contributed by atoms with E-state index in [9.17, 15) is 14.4 Å². The van der Waals surface area contributed by atoms with Crippen LogP contribution in [0.4, 0.5) is 0 Å². The molecule has 0 aromatic rings. The first kappa shape index (κ1) is 71.5. The van der Waals surface area contributed by atoms with Crippen molar-refractivity contribution in [2.75, 3.05) is 13.2 Å². The lowest BCUT2D eigenvalue weighted by atomic mass is 10.1. The summed E-state index contributed by atoms with van der Waals surface area (Å²) >= 11 is 0. The van der Waals surface area contributed by atoms with Crippen LogP contribution >= 0.6 is 0 Å². The molecule has 0 N–H and O–H groups in total. The molecule has 0 aromatic heterocycles. The summed E-state index contributed by atoms with van der Waals surface area (Å²) in [4.78, 5) is 38.1. The van der Waals surface area contributed by atoms with Crippen molar-refractivity contribution >= 4 is 17.9 Å². The van der Waals surface area contributed by atoms with E-state index >= 15 is 0 Å². The second-order valence-electron chi connectivity index (χ2n) is 20.2. The van der Waals surface area contributed by atoms with Crippen LogP contribution in [0.25, 0.3) is 0 Å². The summed E-state index contributed by atoms with van der Waals surface area (Å²) in [6, 6.07) is 0. The molecular weight excluding hydrogens is 937 g/mol. The lowest BCUT2D eigenvalue weighted by Crippen LogP contribution is -2.30. The molecule has 0 heterocycles. The highest BCUT2D eigenvalue weighted by molar-refractivity contribution is 5.71. The van der Waals surface area contributed by atoms with E-state index in [1.807, 2.05) is 0 Å². The first-order valence-electron chi connectivity index (χ1n) is 31.2. The van der Waals surface area contributed by atoms with E-state index in [1.54, 1.807) is 0 Å². The Kier molecular flexibility index (Phi) is 59.4. The van der Waals surface area contributed by atoms with Gasteiger partial charge in [0.2, 0.25) is 0 Å². The van der Waals surface area contributed by atoms with Crippen molar-refractivity contribution in [2.45, 2.75) is 277 Å². The minimum atomic E-state index is -0.792. The van der Waals surface area contributed by atoms with E-state index in [0.717, 1.165) is 148 Å². The molecule has 0 spiro atoms. The molecule has 0 rings (SSSR count). The largest absolute Gasteiger partial charge is 0.462 e. The van der Waals surface area contributed by atoms with Crippen LogP contribution < -0.4 is 0 Å². The van der Waals surface area contributed by atoms with Gasteiger partial charge in [-0.05, 0) is 135 Å². The van der Waals surface area contributed by atoms with E-state index in [2.05, 4.69) is 154 Å². The number of rotatable bonds is 55. The van der Waals surface area contributed by atoms with Crippen molar-refractivity contribution in [1.82, 2.24) is 0 Å². The van der Waals surface area contributed by atoms with Crippen LogP contribution in [0.2, 0.25) is 0 Å². The van der Waals surface area contributed by atoms with Crippen LogP contribution in [-0.4, -0.2) is 37.2 Å². The van der Waals surface area contributed by atoms with Crippen molar-refractivity contribution < 1.29 is 28.6 Å². The van der Waals surface area contributed by atoms with Crippen LogP contribution in [0.5, 0.6) is 0 Å². The lowest BCUT2D eigenvalue weighted by Gasteiger charge is -2.18. The van der Waals surface area contributed by atoms with Gasteiger partial charge in [0.25, 0.3) is 0 Å². The van der Waals surface area contributed by atoms with Crippen molar-refractivity contribution in [2.24, 2.45) is 0 Å². The average molecular weight is 1050 g/mol. The Bertz CT molecular complexity index is 1630. The Labute approximate surface area is 468 Å². The minimum Gasteiger partial charge on any atom is -0.462 e. The highest BCUT2D eigenvalue weighted by Gasteiger charge is 2.19. The zero-order valence-electron chi connectivity index (χ0n) is 49.2. The van der Waals surface area contributed by atoms with Gasteiger partial charge in [-0.3, -0.25) is 14.4 Å². The van der Waals surface area contributed by atoms with Gasteiger partial charge in [0.1, 0.15) is 13.2 Å². The van der Waals surface area contributed by atoms with Crippen LogP contribution in [0, 0.1) is 0 Å². The molecule has 0 fully saturated rings. The maximum atomic E-state index is 12.8. The highest BCUT2D eigenvalue weighted by atomic mass is 16.6. The predicted molar refractivity (Wildman–Crippen MR) is 329 cm³/mol. The monoisotopic (exact) mass is 1050 g/mol. The number of ether oxygens (including phenoxy) is 3. The van der Waals surface area contributed by atoms with E-state index in [4.69, 9.17) is 14.2 Å². The zero-order valence-corrected chi connectivity index (χ0v) is 49.2. The molecule has 430 valence electrons. The number of hydrogen-bond acceptors (Lipinski definition) is 6. The third kappa shape index (κ3) is 60.4. The molecule has 0 aliphatic heterocycles. The molecule has 0 aliphatic carbocycles. The quantitative estimate of drug-likeness (QED) is 0.0261. The first-order valence-corrected chi connectivity index (χ1v) is 31.2. The number of allylic oxidation sites excluding steroid dienone is 22. The molecule has 0 saturated heterocycles. The van der Waals surface area contributed by atoms with Gasteiger partial charge in [-0.25, -0.2) is 0 Å². The predicted octanol–water partition coefficient (Wildman–Crippen LogP) is 21.4. The molecule has 1 unspecified atom stereocenters. The molecule has 0 radical (unpaired) electrons. The van der Waals surface area contributed by atoms with Crippen molar-refractivity contribution in [1.29, 1.82) is 0 Å².